The van der Waals surface area contributed by atoms with Crippen LogP contribution in [0.5, 0.6) is 0 Å². The number of hydrogen-bond donors (Lipinski definition) is 1. The molecule has 4 heteroatoms. The van der Waals surface area contributed by atoms with Gasteiger partial charge >= 0.3 is 0 Å². The van der Waals surface area contributed by atoms with Gasteiger partial charge < -0.3 is 10.2 Å². The van der Waals surface area contributed by atoms with E-state index in [0.29, 0.717) is 18.4 Å². The summed E-state index contributed by atoms with van der Waals surface area (Å²) in [5.74, 6) is 0.0244. The molecular formula is C22H28N2O2. The summed E-state index contributed by atoms with van der Waals surface area (Å²) in [5, 5.41) is 3.12. The number of aryl methyl sites for hydroxylation is 1. The first kappa shape index (κ1) is 19.7. The van der Waals surface area contributed by atoms with E-state index < -0.39 is 0 Å². The van der Waals surface area contributed by atoms with Crippen LogP contribution in [0, 0.1) is 0 Å². The minimum absolute atomic E-state index is 0.0167. The standard InChI is InChI=1S/C22H28N2O2/c1-22(2,16-18-8-6-5-7-9-18)23-20(25)15-12-17-10-13-19(14-11-17)21(26)24(3)4/h5-11,13-14H,12,15-16H2,1-4H3,(H,23,25). The van der Waals surface area contributed by atoms with E-state index in [-0.39, 0.29) is 17.4 Å². The zero-order valence-electron chi connectivity index (χ0n) is 16.1. The number of nitrogens with one attached hydrogen (secondary N) is 1. The summed E-state index contributed by atoms with van der Waals surface area (Å²) in [5.41, 5.74) is 2.63. The smallest absolute Gasteiger partial charge is 0.253 e. The van der Waals surface area contributed by atoms with Gasteiger partial charge in [0.25, 0.3) is 5.91 Å². The Balaban J connectivity index is 1.85. The summed E-state index contributed by atoms with van der Waals surface area (Å²) in [7, 11) is 3.47. The highest BCUT2D eigenvalue weighted by Gasteiger charge is 2.20. The first-order valence-corrected chi connectivity index (χ1v) is 8.92. The van der Waals surface area contributed by atoms with Gasteiger partial charge in [-0.05, 0) is 49.9 Å². The van der Waals surface area contributed by atoms with Crippen molar-refractivity contribution in [2.75, 3.05) is 14.1 Å². The molecule has 0 spiro atoms. The molecule has 2 aromatic carbocycles. The van der Waals surface area contributed by atoms with E-state index in [1.54, 1.807) is 19.0 Å². The van der Waals surface area contributed by atoms with Gasteiger partial charge in [0.15, 0.2) is 0 Å². The zero-order valence-corrected chi connectivity index (χ0v) is 16.1. The topological polar surface area (TPSA) is 49.4 Å². The molecule has 0 radical (unpaired) electrons. The van der Waals surface area contributed by atoms with Crippen LogP contribution >= 0.6 is 0 Å². The average Bonchev–Trinajstić information content (AvgIpc) is 2.59. The van der Waals surface area contributed by atoms with Crippen molar-refractivity contribution in [3.05, 3.63) is 71.3 Å². The molecule has 0 saturated heterocycles. The molecule has 2 amide bonds. The predicted octanol–water partition coefficient (Wildman–Crippen LogP) is 3.46. The number of amides is 2. The molecule has 0 aliphatic heterocycles. The Hall–Kier alpha value is -2.62. The second kappa shape index (κ2) is 8.65. The molecule has 0 saturated carbocycles. The van der Waals surface area contributed by atoms with E-state index in [0.717, 1.165) is 12.0 Å². The van der Waals surface area contributed by atoms with Gasteiger partial charge in [-0.25, -0.2) is 0 Å². The molecule has 0 atom stereocenters. The van der Waals surface area contributed by atoms with Crippen LogP contribution in [0.1, 0.15) is 41.8 Å². The lowest BCUT2D eigenvalue weighted by molar-refractivity contribution is -0.122. The number of carbonyl (C=O) groups excluding carboxylic acids is 2. The predicted molar refractivity (Wildman–Crippen MR) is 105 cm³/mol. The van der Waals surface area contributed by atoms with Crippen molar-refractivity contribution < 1.29 is 9.59 Å². The van der Waals surface area contributed by atoms with Gasteiger partial charge in [0, 0.05) is 31.6 Å². The van der Waals surface area contributed by atoms with E-state index in [9.17, 15) is 9.59 Å². The maximum atomic E-state index is 12.3. The van der Waals surface area contributed by atoms with Gasteiger partial charge in [0.05, 0.1) is 0 Å². The summed E-state index contributed by atoms with van der Waals surface area (Å²) in [6.45, 7) is 4.08. The van der Waals surface area contributed by atoms with Gasteiger partial charge in [0.2, 0.25) is 5.91 Å². The van der Waals surface area contributed by atoms with Crippen molar-refractivity contribution in [1.29, 1.82) is 0 Å². The second-order valence-corrected chi connectivity index (χ2v) is 7.49. The average molecular weight is 352 g/mol. The monoisotopic (exact) mass is 352 g/mol. The van der Waals surface area contributed by atoms with Crippen LogP contribution in [0.2, 0.25) is 0 Å². The molecule has 4 nitrogen and oxygen atoms in total. The lowest BCUT2D eigenvalue weighted by atomic mass is 9.94. The minimum atomic E-state index is -0.291. The third kappa shape index (κ3) is 6.03. The molecule has 2 rings (SSSR count). The first-order chi connectivity index (χ1) is 12.3. The number of rotatable bonds is 7. The van der Waals surface area contributed by atoms with E-state index in [1.807, 2.05) is 56.3 Å². The van der Waals surface area contributed by atoms with Gasteiger partial charge in [-0.1, -0.05) is 42.5 Å². The largest absolute Gasteiger partial charge is 0.351 e. The molecule has 2 aromatic rings. The third-order valence-electron chi connectivity index (χ3n) is 4.21. The highest BCUT2D eigenvalue weighted by molar-refractivity contribution is 5.93. The van der Waals surface area contributed by atoms with Crippen LogP contribution in [0.25, 0.3) is 0 Å². The Morgan fingerprint density at radius 1 is 0.923 bits per heavy atom. The molecule has 0 fully saturated rings. The number of carbonyl (C=O) groups is 2. The lowest BCUT2D eigenvalue weighted by Gasteiger charge is -2.26. The van der Waals surface area contributed by atoms with E-state index in [2.05, 4.69) is 17.4 Å². The highest BCUT2D eigenvalue weighted by atomic mass is 16.2. The van der Waals surface area contributed by atoms with Gasteiger partial charge in [-0.3, -0.25) is 9.59 Å². The van der Waals surface area contributed by atoms with Crippen LogP contribution in [-0.4, -0.2) is 36.3 Å². The van der Waals surface area contributed by atoms with E-state index >= 15 is 0 Å². The van der Waals surface area contributed by atoms with Crippen LogP contribution in [0.15, 0.2) is 54.6 Å². The fraction of sp³-hybridized carbons (Fsp3) is 0.364. The molecule has 0 aromatic heterocycles. The van der Waals surface area contributed by atoms with Gasteiger partial charge in [0.1, 0.15) is 0 Å². The van der Waals surface area contributed by atoms with Crippen LogP contribution in [0.4, 0.5) is 0 Å². The summed E-state index contributed by atoms with van der Waals surface area (Å²) in [4.78, 5) is 25.8. The molecule has 138 valence electrons. The Morgan fingerprint density at radius 3 is 2.12 bits per heavy atom. The van der Waals surface area contributed by atoms with Crippen molar-refractivity contribution in [3.8, 4) is 0 Å². The van der Waals surface area contributed by atoms with Crippen LogP contribution in [-0.2, 0) is 17.6 Å². The molecule has 0 bridgehead atoms. The Kier molecular flexibility index (Phi) is 6.56. The van der Waals surface area contributed by atoms with Crippen molar-refractivity contribution >= 4 is 11.8 Å². The van der Waals surface area contributed by atoms with Crippen molar-refractivity contribution in [3.63, 3.8) is 0 Å². The highest BCUT2D eigenvalue weighted by Crippen LogP contribution is 2.13. The summed E-state index contributed by atoms with van der Waals surface area (Å²) in [6.07, 6.45) is 1.88. The van der Waals surface area contributed by atoms with Crippen molar-refractivity contribution in [2.45, 2.75) is 38.6 Å². The fourth-order valence-electron chi connectivity index (χ4n) is 2.92. The maximum Gasteiger partial charge on any atom is 0.253 e. The molecule has 0 unspecified atom stereocenters. The summed E-state index contributed by atoms with van der Waals surface area (Å²) < 4.78 is 0. The third-order valence-corrected chi connectivity index (χ3v) is 4.21. The van der Waals surface area contributed by atoms with E-state index in [4.69, 9.17) is 0 Å². The van der Waals surface area contributed by atoms with Crippen LogP contribution < -0.4 is 5.32 Å². The Bertz CT molecular complexity index is 734. The molecule has 0 aliphatic carbocycles. The summed E-state index contributed by atoms with van der Waals surface area (Å²) in [6, 6.07) is 17.6. The molecule has 0 aliphatic rings. The van der Waals surface area contributed by atoms with Crippen molar-refractivity contribution in [1.82, 2.24) is 10.2 Å². The van der Waals surface area contributed by atoms with Gasteiger partial charge in [-0.15, -0.1) is 0 Å². The fourth-order valence-corrected chi connectivity index (χ4v) is 2.92. The lowest BCUT2D eigenvalue weighted by Crippen LogP contribution is -2.45. The zero-order chi connectivity index (χ0) is 19.2. The first-order valence-electron chi connectivity index (χ1n) is 8.92. The second-order valence-electron chi connectivity index (χ2n) is 7.49. The Morgan fingerprint density at radius 2 is 1.54 bits per heavy atom. The van der Waals surface area contributed by atoms with E-state index in [1.165, 1.54) is 5.56 Å². The summed E-state index contributed by atoms with van der Waals surface area (Å²) >= 11 is 0. The van der Waals surface area contributed by atoms with Gasteiger partial charge in [-0.2, -0.15) is 0 Å². The maximum absolute atomic E-state index is 12.3. The Labute approximate surface area is 156 Å². The minimum Gasteiger partial charge on any atom is -0.351 e. The van der Waals surface area contributed by atoms with Crippen molar-refractivity contribution in [2.24, 2.45) is 0 Å². The molecular weight excluding hydrogens is 324 g/mol. The molecule has 0 heterocycles. The SMILES string of the molecule is CN(C)C(=O)c1ccc(CCC(=O)NC(C)(C)Cc2ccccc2)cc1. The number of benzene rings is 2. The number of hydrogen-bond acceptors (Lipinski definition) is 2. The normalized spacial score (nSPS) is 11.1. The molecule has 1 N–H and O–H groups in total. The van der Waals surface area contributed by atoms with Crippen LogP contribution in [0.3, 0.4) is 0 Å². The number of nitrogens with zero attached hydrogens (tertiary/aromatic N) is 1. The quantitative estimate of drug-likeness (QED) is 0.830. The molecule has 26 heavy (non-hydrogen) atoms.